The minimum absolute atomic E-state index is 0.155. The van der Waals surface area contributed by atoms with Crippen molar-refractivity contribution in [1.29, 1.82) is 0 Å². The number of hydroxylamine groups is 1. The Bertz CT molecular complexity index is 929. The van der Waals surface area contributed by atoms with E-state index in [1.54, 1.807) is 25.1 Å². The third-order valence-electron chi connectivity index (χ3n) is 3.62. The Kier molecular flexibility index (Phi) is 3.95. The molecule has 5 nitrogen and oxygen atoms in total. The molecule has 1 N–H and O–H groups in total. The lowest BCUT2D eigenvalue weighted by Gasteiger charge is -2.10. The van der Waals surface area contributed by atoms with Gasteiger partial charge in [-0.05, 0) is 19.1 Å². The summed E-state index contributed by atoms with van der Waals surface area (Å²) < 4.78 is 5.94. The van der Waals surface area contributed by atoms with Gasteiger partial charge in [0.05, 0.1) is 18.1 Å². The van der Waals surface area contributed by atoms with Crippen molar-refractivity contribution in [2.75, 3.05) is 7.11 Å². The molecule has 0 spiro atoms. The Morgan fingerprint density at radius 2 is 1.83 bits per heavy atom. The van der Waals surface area contributed by atoms with Gasteiger partial charge in [-0.15, -0.1) is 0 Å². The summed E-state index contributed by atoms with van der Waals surface area (Å²) in [7, 11) is 1.35. The van der Waals surface area contributed by atoms with Crippen LogP contribution in [-0.4, -0.2) is 13.0 Å². The van der Waals surface area contributed by atoms with Crippen molar-refractivity contribution in [3.8, 4) is 11.3 Å². The quantitative estimate of drug-likeness (QED) is 0.755. The highest BCUT2D eigenvalue weighted by Gasteiger charge is 2.18. The van der Waals surface area contributed by atoms with Crippen LogP contribution in [0.4, 0.5) is 0 Å². The van der Waals surface area contributed by atoms with Crippen molar-refractivity contribution in [2.24, 2.45) is 0 Å². The van der Waals surface area contributed by atoms with Crippen LogP contribution in [0.1, 0.15) is 15.9 Å². The molecule has 0 aliphatic rings. The van der Waals surface area contributed by atoms with E-state index in [1.165, 1.54) is 7.11 Å². The highest BCUT2D eigenvalue weighted by Crippen LogP contribution is 2.27. The first-order chi connectivity index (χ1) is 11.1. The standard InChI is InChI=1S/C18H15NO4/c1-11-15(20)13-9-6-10-14(18(21)19-22-2)17(13)23-16(11)12-7-4-3-5-8-12/h3-10H,1-2H3,(H,19,21). The summed E-state index contributed by atoms with van der Waals surface area (Å²) in [6, 6.07) is 14.2. The molecule has 1 aromatic heterocycles. The highest BCUT2D eigenvalue weighted by molar-refractivity contribution is 6.04. The predicted molar refractivity (Wildman–Crippen MR) is 87.1 cm³/mol. The smallest absolute Gasteiger partial charge is 0.278 e. The summed E-state index contributed by atoms with van der Waals surface area (Å²) in [5.74, 6) is -0.00937. The fourth-order valence-corrected chi connectivity index (χ4v) is 2.50. The van der Waals surface area contributed by atoms with Crippen LogP contribution in [0.2, 0.25) is 0 Å². The molecule has 0 saturated carbocycles. The normalized spacial score (nSPS) is 10.7. The van der Waals surface area contributed by atoms with Gasteiger partial charge in [-0.3, -0.25) is 14.4 Å². The second-order valence-electron chi connectivity index (χ2n) is 5.07. The number of carbonyl (C=O) groups is 1. The maximum atomic E-state index is 12.6. The summed E-state index contributed by atoms with van der Waals surface area (Å²) in [5, 5.41) is 0.367. The van der Waals surface area contributed by atoms with Gasteiger partial charge in [0.15, 0.2) is 11.0 Å². The van der Waals surface area contributed by atoms with Crippen molar-refractivity contribution in [3.63, 3.8) is 0 Å². The maximum absolute atomic E-state index is 12.6. The van der Waals surface area contributed by atoms with Gasteiger partial charge in [0.1, 0.15) is 5.76 Å². The van der Waals surface area contributed by atoms with Crippen LogP contribution in [0.15, 0.2) is 57.7 Å². The highest BCUT2D eigenvalue weighted by atomic mass is 16.6. The first kappa shape index (κ1) is 15.0. The Labute approximate surface area is 132 Å². The minimum atomic E-state index is -0.468. The molecule has 1 amide bonds. The molecule has 0 atom stereocenters. The number of hydrogen-bond donors (Lipinski definition) is 1. The number of amides is 1. The van der Waals surface area contributed by atoms with E-state index in [9.17, 15) is 9.59 Å². The van der Waals surface area contributed by atoms with Crippen LogP contribution >= 0.6 is 0 Å². The van der Waals surface area contributed by atoms with Crippen LogP contribution in [0, 0.1) is 6.92 Å². The fraction of sp³-hybridized carbons (Fsp3) is 0.111. The van der Waals surface area contributed by atoms with Crippen LogP contribution in [-0.2, 0) is 4.84 Å². The summed E-state index contributed by atoms with van der Waals surface area (Å²) in [5.41, 5.74) is 3.88. The average molecular weight is 309 g/mol. The van der Waals surface area contributed by atoms with Crippen molar-refractivity contribution < 1.29 is 14.0 Å². The van der Waals surface area contributed by atoms with E-state index in [-0.39, 0.29) is 16.6 Å². The van der Waals surface area contributed by atoms with Crippen molar-refractivity contribution >= 4 is 16.9 Å². The monoisotopic (exact) mass is 309 g/mol. The van der Waals surface area contributed by atoms with E-state index in [0.717, 1.165) is 5.56 Å². The van der Waals surface area contributed by atoms with Gasteiger partial charge in [0.2, 0.25) is 0 Å². The molecule has 3 aromatic rings. The average Bonchev–Trinajstić information content (AvgIpc) is 2.58. The molecular formula is C18H15NO4. The van der Waals surface area contributed by atoms with E-state index in [2.05, 4.69) is 10.3 Å². The first-order valence-corrected chi connectivity index (χ1v) is 7.08. The van der Waals surface area contributed by atoms with E-state index >= 15 is 0 Å². The molecule has 2 aromatic carbocycles. The van der Waals surface area contributed by atoms with Gasteiger partial charge >= 0.3 is 0 Å². The molecule has 0 aliphatic carbocycles. The molecule has 0 radical (unpaired) electrons. The topological polar surface area (TPSA) is 68.5 Å². The van der Waals surface area contributed by atoms with E-state index in [1.807, 2.05) is 30.3 Å². The van der Waals surface area contributed by atoms with Crippen LogP contribution in [0.3, 0.4) is 0 Å². The van der Waals surface area contributed by atoms with Crippen molar-refractivity contribution in [2.45, 2.75) is 6.92 Å². The molecule has 23 heavy (non-hydrogen) atoms. The lowest BCUT2D eigenvalue weighted by molar-refractivity contribution is 0.0538. The summed E-state index contributed by atoms with van der Waals surface area (Å²) in [4.78, 5) is 29.4. The SMILES string of the molecule is CONC(=O)c1cccc2c(=O)c(C)c(-c3ccccc3)oc12. The minimum Gasteiger partial charge on any atom is -0.455 e. The molecule has 0 unspecified atom stereocenters. The Balaban J connectivity index is 2.33. The zero-order chi connectivity index (χ0) is 16.4. The van der Waals surface area contributed by atoms with Gasteiger partial charge in [0, 0.05) is 11.1 Å². The van der Waals surface area contributed by atoms with Crippen molar-refractivity contribution in [3.05, 3.63) is 69.9 Å². The molecule has 0 fully saturated rings. The van der Waals surface area contributed by atoms with Gasteiger partial charge in [-0.25, -0.2) is 5.48 Å². The Hall–Kier alpha value is -2.92. The maximum Gasteiger partial charge on any atom is 0.278 e. The lowest BCUT2D eigenvalue weighted by atomic mass is 10.0. The van der Waals surface area contributed by atoms with E-state index in [4.69, 9.17) is 4.42 Å². The lowest BCUT2D eigenvalue weighted by Crippen LogP contribution is -2.22. The molecule has 5 heteroatoms. The molecule has 116 valence electrons. The molecule has 0 aliphatic heterocycles. The van der Waals surface area contributed by atoms with E-state index in [0.29, 0.717) is 16.7 Å². The van der Waals surface area contributed by atoms with Crippen LogP contribution in [0.5, 0.6) is 0 Å². The third-order valence-corrected chi connectivity index (χ3v) is 3.62. The second kappa shape index (κ2) is 6.06. The molecule has 0 bridgehead atoms. The zero-order valence-corrected chi connectivity index (χ0v) is 12.8. The van der Waals surface area contributed by atoms with Crippen molar-refractivity contribution in [1.82, 2.24) is 5.48 Å². The number of carbonyl (C=O) groups excluding carboxylic acids is 1. The number of para-hydroxylation sites is 1. The first-order valence-electron chi connectivity index (χ1n) is 7.08. The van der Waals surface area contributed by atoms with Gasteiger partial charge in [-0.1, -0.05) is 36.4 Å². The molecule has 0 saturated heterocycles. The largest absolute Gasteiger partial charge is 0.455 e. The number of rotatable bonds is 3. The predicted octanol–water partition coefficient (Wildman–Crippen LogP) is 3.06. The molecular weight excluding hydrogens is 294 g/mol. The third kappa shape index (κ3) is 2.62. The van der Waals surface area contributed by atoms with Crippen LogP contribution in [0.25, 0.3) is 22.3 Å². The second-order valence-corrected chi connectivity index (χ2v) is 5.07. The fourth-order valence-electron chi connectivity index (χ4n) is 2.50. The van der Waals surface area contributed by atoms with E-state index < -0.39 is 5.91 Å². The van der Waals surface area contributed by atoms with Gasteiger partial charge in [0.25, 0.3) is 5.91 Å². The zero-order valence-electron chi connectivity index (χ0n) is 12.8. The molecule has 1 heterocycles. The summed E-state index contributed by atoms with van der Waals surface area (Å²) in [6.07, 6.45) is 0. The van der Waals surface area contributed by atoms with Crippen LogP contribution < -0.4 is 10.9 Å². The molecule has 3 rings (SSSR count). The number of fused-ring (bicyclic) bond motifs is 1. The number of benzene rings is 2. The Morgan fingerprint density at radius 1 is 1.09 bits per heavy atom. The number of nitrogens with one attached hydrogen (secondary N) is 1. The van der Waals surface area contributed by atoms with Gasteiger partial charge < -0.3 is 4.42 Å². The van der Waals surface area contributed by atoms with Gasteiger partial charge in [-0.2, -0.15) is 0 Å². The summed E-state index contributed by atoms with van der Waals surface area (Å²) >= 11 is 0. The number of hydrogen-bond acceptors (Lipinski definition) is 4. The summed E-state index contributed by atoms with van der Waals surface area (Å²) in [6.45, 7) is 1.72. The Morgan fingerprint density at radius 3 is 2.52 bits per heavy atom.